The van der Waals surface area contributed by atoms with Crippen molar-refractivity contribution in [2.24, 2.45) is 0 Å². The average Bonchev–Trinajstić information content (AvgIpc) is 2.45. The van der Waals surface area contributed by atoms with Crippen LogP contribution in [0.4, 0.5) is 5.69 Å². The molecule has 0 fully saturated rings. The number of benzene rings is 2. The monoisotopic (exact) mass is 267 g/mol. The molecule has 0 aromatic heterocycles. The van der Waals surface area contributed by atoms with Crippen LogP contribution in [0.5, 0.6) is 5.75 Å². The van der Waals surface area contributed by atoms with Crippen molar-refractivity contribution in [1.29, 1.82) is 0 Å². The van der Waals surface area contributed by atoms with E-state index in [-0.39, 0.29) is 11.5 Å². The number of ketones is 1. The molecule has 1 N–H and O–H groups in total. The minimum absolute atomic E-state index is 0.0568. The van der Waals surface area contributed by atoms with Crippen LogP contribution in [0.15, 0.2) is 54.6 Å². The molecule has 3 heteroatoms. The van der Waals surface area contributed by atoms with E-state index in [9.17, 15) is 9.90 Å². The number of rotatable bonds is 4. The molecule has 2 aromatic carbocycles. The maximum absolute atomic E-state index is 12.0. The largest absolute Gasteiger partial charge is 0.508 e. The van der Waals surface area contributed by atoms with Crippen LogP contribution in [0.25, 0.3) is 6.08 Å². The molecular weight excluding hydrogens is 250 g/mol. The molecule has 2 rings (SSSR count). The number of phenols is 1. The number of anilines is 1. The van der Waals surface area contributed by atoms with E-state index in [1.165, 1.54) is 6.08 Å². The second kappa shape index (κ2) is 6.06. The molecule has 0 spiro atoms. The Labute approximate surface area is 118 Å². The SMILES string of the molecule is CN(C)c1ccc(C(=O)C=Cc2cccc(O)c2)cc1. The van der Waals surface area contributed by atoms with Crippen molar-refractivity contribution in [2.45, 2.75) is 0 Å². The third-order valence-corrected chi connectivity index (χ3v) is 2.97. The lowest BCUT2D eigenvalue weighted by molar-refractivity contribution is 0.104. The lowest BCUT2D eigenvalue weighted by Crippen LogP contribution is -2.08. The number of aromatic hydroxyl groups is 1. The van der Waals surface area contributed by atoms with Gasteiger partial charge in [-0.05, 0) is 48.0 Å². The normalized spacial score (nSPS) is 10.7. The number of carbonyl (C=O) groups is 1. The van der Waals surface area contributed by atoms with Crippen LogP contribution in [-0.4, -0.2) is 25.0 Å². The summed E-state index contributed by atoms with van der Waals surface area (Å²) < 4.78 is 0. The Kier molecular flexibility index (Phi) is 4.20. The number of hydrogen-bond acceptors (Lipinski definition) is 3. The molecule has 0 aliphatic rings. The van der Waals surface area contributed by atoms with E-state index < -0.39 is 0 Å². The van der Waals surface area contributed by atoms with E-state index in [0.29, 0.717) is 5.56 Å². The van der Waals surface area contributed by atoms with Crippen molar-refractivity contribution < 1.29 is 9.90 Å². The van der Waals surface area contributed by atoms with Crippen molar-refractivity contribution in [3.8, 4) is 5.75 Å². The van der Waals surface area contributed by atoms with E-state index in [2.05, 4.69) is 0 Å². The number of allylic oxidation sites excluding steroid dienone is 1. The van der Waals surface area contributed by atoms with Gasteiger partial charge in [-0.1, -0.05) is 18.2 Å². The minimum Gasteiger partial charge on any atom is -0.508 e. The van der Waals surface area contributed by atoms with Crippen molar-refractivity contribution in [3.05, 3.63) is 65.7 Å². The predicted octanol–water partition coefficient (Wildman–Crippen LogP) is 3.35. The van der Waals surface area contributed by atoms with Gasteiger partial charge in [-0.15, -0.1) is 0 Å². The van der Waals surface area contributed by atoms with Crippen LogP contribution >= 0.6 is 0 Å². The number of carbonyl (C=O) groups excluding carboxylic acids is 1. The second-order valence-corrected chi connectivity index (χ2v) is 4.73. The van der Waals surface area contributed by atoms with Gasteiger partial charge >= 0.3 is 0 Å². The summed E-state index contributed by atoms with van der Waals surface area (Å²) in [5, 5.41) is 9.35. The molecule has 0 aliphatic heterocycles. The van der Waals surface area contributed by atoms with Crippen LogP contribution < -0.4 is 4.90 Å². The fourth-order valence-corrected chi connectivity index (χ4v) is 1.82. The van der Waals surface area contributed by atoms with Gasteiger partial charge in [-0.2, -0.15) is 0 Å². The molecule has 2 aromatic rings. The maximum atomic E-state index is 12.0. The van der Waals surface area contributed by atoms with Gasteiger partial charge in [-0.25, -0.2) is 0 Å². The third kappa shape index (κ3) is 3.48. The van der Waals surface area contributed by atoms with Crippen molar-refractivity contribution in [1.82, 2.24) is 0 Å². The summed E-state index contributed by atoms with van der Waals surface area (Å²) in [5.74, 6) is 0.133. The van der Waals surface area contributed by atoms with E-state index >= 15 is 0 Å². The average molecular weight is 267 g/mol. The predicted molar refractivity (Wildman–Crippen MR) is 82.2 cm³/mol. The molecule has 0 unspecified atom stereocenters. The lowest BCUT2D eigenvalue weighted by Gasteiger charge is -2.11. The lowest BCUT2D eigenvalue weighted by atomic mass is 10.1. The molecule has 0 bridgehead atoms. The Balaban J connectivity index is 2.11. The summed E-state index contributed by atoms with van der Waals surface area (Å²) in [5.41, 5.74) is 2.49. The molecule has 0 atom stereocenters. The van der Waals surface area contributed by atoms with Gasteiger partial charge in [0.15, 0.2) is 5.78 Å². The first-order valence-electron chi connectivity index (χ1n) is 6.35. The van der Waals surface area contributed by atoms with Crippen LogP contribution in [0.1, 0.15) is 15.9 Å². The molecule has 3 nitrogen and oxygen atoms in total. The first-order valence-corrected chi connectivity index (χ1v) is 6.35. The van der Waals surface area contributed by atoms with Gasteiger partial charge in [-0.3, -0.25) is 4.79 Å². The van der Waals surface area contributed by atoms with E-state index in [1.807, 2.05) is 49.3 Å². The Bertz CT molecular complexity index is 628. The first-order chi connectivity index (χ1) is 9.56. The van der Waals surface area contributed by atoms with Crippen molar-refractivity contribution in [3.63, 3.8) is 0 Å². The van der Waals surface area contributed by atoms with E-state index in [1.54, 1.807) is 24.3 Å². The zero-order valence-corrected chi connectivity index (χ0v) is 11.6. The van der Waals surface area contributed by atoms with Crippen LogP contribution in [0.2, 0.25) is 0 Å². The quantitative estimate of drug-likeness (QED) is 0.682. The standard InChI is InChI=1S/C17H17NO2/c1-18(2)15-9-7-14(8-10-15)17(20)11-6-13-4-3-5-16(19)12-13/h3-12,19H,1-2H3. The van der Waals surface area contributed by atoms with Crippen LogP contribution in [-0.2, 0) is 0 Å². The fourth-order valence-electron chi connectivity index (χ4n) is 1.82. The zero-order valence-electron chi connectivity index (χ0n) is 11.6. The Morgan fingerprint density at radius 1 is 1.10 bits per heavy atom. The van der Waals surface area contributed by atoms with Gasteiger partial charge in [0, 0.05) is 25.3 Å². The Morgan fingerprint density at radius 2 is 1.80 bits per heavy atom. The maximum Gasteiger partial charge on any atom is 0.185 e. The van der Waals surface area contributed by atoms with Crippen molar-refractivity contribution >= 4 is 17.5 Å². The van der Waals surface area contributed by atoms with Crippen molar-refractivity contribution in [2.75, 3.05) is 19.0 Å². The molecule has 102 valence electrons. The highest BCUT2D eigenvalue weighted by Crippen LogP contribution is 2.15. The molecule has 20 heavy (non-hydrogen) atoms. The summed E-state index contributed by atoms with van der Waals surface area (Å²) in [6.07, 6.45) is 3.21. The first kappa shape index (κ1) is 13.9. The highest BCUT2D eigenvalue weighted by Gasteiger charge is 2.02. The second-order valence-electron chi connectivity index (χ2n) is 4.73. The molecule has 0 heterocycles. The van der Waals surface area contributed by atoms with Gasteiger partial charge < -0.3 is 10.0 Å². The third-order valence-electron chi connectivity index (χ3n) is 2.97. The molecule has 0 saturated heterocycles. The Morgan fingerprint density at radius 3 is 2.40 bits per heavy atom. The molecule has 0 saturated carbocycles. The summed E-state index contributed by atoms with van der Waals surface area (Å²) in [6, 6.07) is 14.2. The van der Waals surface area contributed by atoms with Gasteiger partial charge in [0.1, 0.15) is 5.75 Å². The minimum atomic E-state index is -0.0568. The highest BCUT2D eigenvalue weighted by atomic mass is 16.3. The number of phenolic OH excluding ortho intramolecular Hbond substituents is 1. The van der Waals surface area contributed by atoms with Crippen LogP contribution in [0.3, 0.4) is 0 Å². The van der Waals surface area contributed by atoms with E-state index in [0.717, 1.165) is 11.3 Å². The molecule has 0 radical (unpaired) electrons. The fraction of sp³-hybridized carbons (Fsp3) is 0.118. The topological polar surface area (TPSA) is 40.5 Å². The smallest absolute Gasteiger partial charge is 0.185 e. The highest BCUT2D eigenvalue weighted by molar-refractivity contribution is 6.07. The number of nitrogens with zero attached hydrogens (tertiary/aromatic N) is 1. The summed E-state index contributed by atoms with van der Waals surface area (Å²) in [7, 11) is 3.91. The van der Waals surface area contributed by atoms with Gasteiger partial charge in [0.25, 0.3) is 0 Å². The molecule has 0 aliphatic carbocycles. The van der Waals surface area contributed by atoms with Gasteiger partial charge in [0.05, 0.1) is 0 Å². The summed E-state index contributed by atoms with van der Waals surface area (Å²) >= 11 is 0. The molecular formula is C17H17NO2. The zero-order chi connectivity index (χ0) is 14.5. The number of hydrogen-bond donors (Lipinski definition) is 1. The summed E-state index contributed by atoms with van der Waals surface area (Å²) in [4.78, 5) is 14.0. The van der Waals surface area contributed by atoms with Crippen LogP contribution in [0, 0.1) is 0 Å². The summed E-state index contributed by atoms with van der Waals surface area (Å²) in [6.45, 7) is 0. The molecule has 0 amide bonds. The Hall–Kier alpha value is -2.55. The van der Waals surface area contributed by atoms with Gasteiger partial charge in [0.2, 0.25) is 0 Å². The van der Waals surface area contributed by atoms with E-state index in [4.69, 9.17) is 0 Å².